The Labute approximate surface area is 110 Å². The number of thiophene rings is 1. The standard InChI is InChI=1S/C11H7OS.3CH3.Sn/c12-8-9-3-1-4-10(7-9)11-5-2-6-13-11;;;;/h2-8H;3*1H3;. The van der Waals surface area contributed by atoms with Gasteiger partial charge in [0, 0.05) is 0 Å². The summed E-state index contributed by atoms with van der Waals surface area (Å²) in [6, 6.07) is 10.5. The molecule has 0 aliphatic rings. The Hall–Kier alpha value is -0.611. The summed E-state index contributed by atoms with van der Waals surface area (Å²) in [5, 5.41) is 2.07. The molecule has 2 aromatic rings. The second kappa shape index (κ2) is 4.94. The summed E-state index contributed by atoms with van der Waals surface area (Å²) in [6.45, 7) is 0. The van der Waals surface area contributed by atoms with Crippen LogP contribution in [0.2, 0.25) is 14.8 Å². The summed E-state index contributed by atoms with van der Waals surface area (Å²) >= 11 is -0.394. The Morgan fingerprint density at radius 2 is 1.94 bits per heavy atom. The summed E-state index contributed by atoms with van der Waals surface area (Å²) in [5.41, 5.74) is 1.99. The van der Waals surface area contributed by atoms with E-state index in [0.717, 1.165) is 11.8 Å². The van der Waals surface area contributed by atoms with Gasteiger partial charge >= 0.3 is 111 Å². The van der Waals surface area contributed by atoms with Crippen molar-refractivity contribution in [2.75, 3.05) is 0 Å². The third kappa shape index (κ3) is 2.99. The second-order valence-corrected chi connectivity index (χ2v) is 20.6. The van der Waals surface area contributed by atoms with Crippen LogP contribution in [-0.4, -0.2) is 24.7 Å². The molecule has 0 amide bonds. The maximum atomic E-state index is 11.0. The molecule has 2 rings (SSSR count). The molecule has 0 N–H and O–H groups in total. The number of aldehydes is 1. The fraction of sp³-hybridized carbons (Fsp3) is 0.214. The monoisotopic (exact) mass is 352 g/mol. The first-order valence-electron chi connectivity index (χ1n) is 5.65. The van der Waals surface area contributed by atoms with Crippen LogP contribution in [0.25, 0.3) is 10.4 Å². The van der Waals surface area contributed by atoms with Crippen molar-refractivity contribution in [3.05, 3.63) is 41.3 Å². The van der Waals surface area contributed by atoms with Gasteiger partial charge in [0.1, 0.15) is 0 Å². The molecule has 0 fully saturated rings. The van der Waals surface area contributed by atoms with Crippen LogP contribution < -0.4 is 3.58 Å². The Morgan fingerprint density at radius 1 is 1.18 bits per heavy atom. The zero-order valence-corrected chi connectivity index (χ0v) is 14.0. The Kier molecular flexibility index (Phi) is 3.73. The molecule has 1 nitrogen and oxygen atoms in total. The van der Waals surface area contributed by atoms with Crippen LogP contribution in [0.5, 0.6) is 0 Å². The summed E-state index contributed by atoms with van der Waals surface area (Å²) in [5.74, 6) is 0. The van der Waals surface area contributed by atoms with E-state index in [4.69, 9.17) is 0 Å². The van der Waals surface area contributed by atoms with Crippen molar-refractivity contribution in [2.24, 2.45) is 0 Å². The van der Waals surface area contributed by atoms with Gasteiger partial charge in [0.05, 0.1) is 0 Å². The predicted molar refractivity (Wildman–Crippen MR) is 78.1 cm³/mol. The van der Waals surface area contributed by atoms with Crippen molar-refractivity contribution >= 4 is 39.6 Å². The molecule has 0 aliphatic carbocycles. The summed E-state index contributed by atoms with van der Waals surface area (Å²) < 4.78 is 1.41. The molecule has 88 valence electrons. The van der Waals surface area contributed by atoms with E-state index in [1.165, 1.54) is 14.0 Å². The molecule has 0 unspecified atom stereocenters. The summed E-state index contributed by atoms with van der Waals surface area (Å²) in [7, 11) is 0. The van der Waals surface area contributed by atoms with Gasteiger partial charge in [0.15, 0.2) is 0 Å². The quantitative estimate of drug-likeness (QED) is 0.608. The van der Waals surface area contributed by atoms with Crippen LogP contribution in [-0.2, 0) is 0 Å². The molecule has 0 bridgehead atoms. The van der Waals surface area contributed by atoms with E-state index in [2.05, 4.69) is 38.4 Å². The van der Waals surface area contributed by atoms with Crippen molar-refractivity contribution in [2.45, 2.75) is 14.8 Å². The van der Waals surface area contributed by atoms with Gasteiger partial charge in [0.2, 0.25) is 0 Å². The number of carbonyl (C=O) groups excluding carboxylic acids is 1. The number of hydrogen-bond acceptors (Lipinski definition) is 2. The van der Waals surface area contributed by atoms with Crippen molar-refractivity contribution in [3.63, 3.8) is 0 Å². The van der Waals surface area contributed by atoms with E-state index in [0.29, 0.717) is 0 Å². The van der Waals surface area contributed by atoms with Gasteiger partial charge in [-0.2, -0.15) is 0 Å². The van der Waals surface area contributed by atoms with Gasteiger partial charge < -0.3 is 0 Å². The fourth-order valence-corrected chi connectivity index (χ4v) is 5.84. The van der Waals surface area contributed by atoms with Crippen LogP contribution in [0.4, 0.5) is 0 Å². The molecule has 1 heterocycles. The van der Waals surface area contributed by atoms with Crippen molar-refractivity contribution in [3.8, 4) is 10.4 Å². The summed E-state index contributed by atoms with van der Waals surface area (Å²) in [6.07, 6.45) is 0.957. The Morgan fingerprint density at radius 3 is 2.47 bits per heavy atom. The average molecular weight is 351 g/mol. The maximum absolute atomic E-state index is 11.0. The molecule has 3 heteroatoms. The van der Waals surface area contributed by atoms with E-state index in [9.17, 15) is 4.79 Å². The van der Waals surface area contributed by atoms with E-state index >= 15 is 0 Å². The molecule has 17 heavy (non-hydrogen) atoms. The Balaban J connectivity index is 2.58. The van der Waals surface area contributed by atoms with Crippen molar-refractivity contribution < 1.29 is 4.79 Å². The van der Waals surface area contributed by atoms with E-state index in [1.807, 2.05) is 12.1 Å². The first kappa shape index (κ1) is 12.8. The predicted octanol–water partition coefficient (Wildman–Crippen LogP) is 3.77. The van der Waals surface area contributed by atoms with Gasteiger partial charge in [-0.25, -0.2) is 0 Å². The van der Waals surface area contributed by atoms with Gasteiger partial charge in [-0.3, -0.25) is 0 Å². The zero-order valence-electron chi connectivity index (χ0n) is 10.4. The van der Waals surface area contributed by atoms with E-state index in [-0.39, 0.29) is 0 Å². The van der Waals surface area contributed by atoms with E-state index < -0.39 is 18.4 Å². The normalized spacial score (nSPS) is 11.5. The topological polar surface area (TPSA) is 17.1 Å². The number of carbonyl (C=O) groups is 1. The molecule has 0 radical (unpaired) electrons. The minimum absolute atomic E-state index is 0.803. The van der Waals surface area contributed by atoms with Crippen LogP contribution in [0.3, 0.4) is 0 Å². The molecule has 1 aromatic heterocycles. The molecule has 0 aliphatic heterocycles. The molecule has 0 saturated carbocycles. The third-order valence-electron chi connectivity index (χ3n) is 2.76. The van der Waals surface area contributed by atoms with Crippen LogP contribution in [0.1, 0.15) is 10.4 Å². The van der Waals surface area contributed by atoms with Crippen LogP contribution in [0, 0.1) is 0 Å². The average Bonchev–Trinajstić information content (AvgIpc) is 2.80. The van der Waals surface area contributed by atoms with Crippen molar-refractivity contribution in [1.82, 2.24) is 0 Å². The third-order valence-corrected chi connectivity index (χ3v) is 9.45. The SMILES string of the molecule is [CH3][Sn]([CH3])([CH3])[c]1cc(C=O)cc(-c2cccs2)c1. The van der Waals surface area contributed by atoms with Crippen LogP contribution in [0.15, 0.2) is 35.7 Å². The van der Waals surface area contributed by atoms with Crippen molar-refractivity contribution in [1.29, 1.82) is 0 Å². The summed E-state index contributed by atoms with van der Waals surface area (Å²) in [4.78, 5) is 19.4. The molecule has 0 saturated heterocycles. The van der Waals surface area contributed by atoms with Gasteiger partial charge in [0.25, 0.3) is 0 Å². The van der Waals surface area contributed by atoms with Crippen LogP contribution >= 0.6 is 11.3 Å². The molecule has 0 spiro atoms. The second-order valence-electron chi connectivity index (χ2n) is 5.19. The van der Waals surface area contributed by atoms with Gasteiger partial charge in [-0.15, -0.1) is 0 Å². The first-order chi connectivity index (χ1) is 8.00. The van der Waals surface area contributed by atoms with Gasteiger partial charge in [-0.05, 0) is 0 Å². The number of benzene rings is 1. The zero-order chi connectivity index (χ0) is 12.5. The molecular formula is C14H16OSSn. The molecular weight excluding hydrogens is 335 g/mol. The van der Waals surface area contributed by atoms with E-state index in [1.54, 1.807) is 11.3 Å². The molecule has 0 atom stereocenters. The van der Waals surface area contributed by atoms with Gasteiger partial charge in [-0.1, -0.05) is 0 Å². The molecule has 1 aromatic carbocycles. The minimum atomic E-state index is -2.12. The first-order valence-corrected chi connectivity index (χ1v) is 16.5. The number of rotatable bonds is 3. The number of hydrogen-bond donors (Lipinski definition) is 0. The Bertz CT molecular complexity index is 524. The fourth-order valence-electron chi connectivity index (χ4n) is 1.74.